The Kier molecular flexibility index (Phi) is 2.74. The molecule has 1 aromatic rings. The molecule has 1 N–H and O–H groups in total. The molecule has 2 atom stereocenters. The molecule has 92 valence electrons. The fourth-order valence-corrected chi connectivity index (χ4v) is 2.83. The summed E-state index contributed by atoms with van der Waals surface area (Å²) in [7, 11) is 0. The van der Waals surface area contributed by atoms with Gasteiger partial charge in [0, 0.05) is 38.2 Å². The van der Waals surface area contributed by atoms with Crippen molar-refractivity contribution in [1.29, 1.82) is 0 Å². The summed E-state index contributed by atoms with van der Waals surface area (Å²) in [5.41, 5.74) is 2.56. The van der Waals surface area contributed by atoms with Gasteiger partial charge >= 0.3 is 0 Å². The highest BCUT2D eigenvalue weighted by Crippen LogP contribution is 2.30. The first-order chi connectivity index (χ1) is 8.25. The molecule has 1 aromatic heterocycles. The van der Waals surface area contributed by atoms with Crippen LogP contribution >= 0.6 is 0 Å². The zero-order chi connectivity index (χ0) is 11.8. The number of nitrogens with zero attached hydrogens (tertiary/aromatic N) is 3. The van der Waals surface area contributed by atoms with Gasteiger partial charge in [0.2, 0.25) is 0 Å². The van der Waals surface area contributed by atoms with E-state index < -0.39 is 0 Å². The van der Waals surface area contributed by atoms with Crippen LogP contribution in [0.1, 0.15) is 25.1 Å². The van der Waals surface area contributed by atoms with Gasteiger partial charge < -0.3 is 10.2 Å². The summed E-state index contributed by atoms with van der Waals surface area (Å²) in [4.78, 5) is 11.4. The van der Waals surface area contributed by atoms with Crippen LogP contribution in [0.25, 0.3) is 0 Å². The topological polar surface area (TPSA) is 41.1 Å². The molecule has 0 aromatic carbocycles. The molecule has 2 aliphatic heterocycles. The first-order valence-electron chi connectivity index (χ1n) is 6.54. The maximum atomic E-state index is 4.52. The van der Waals surface area contributed by atoms with E-state index in [2.05, 4.69) is 34.0 Å². The monoisotopic (exact) mass is 232 g/mol. The first-order valence-corrected chi connectivity index (χ1v) is 6.54. The Morgan fingerprint density at radius 1 is 1.24 bits per heavy atom. The van der Waals surface area contributed by atoms with Crippen LogP contribution in [0.3, 0.4) is 0 Å². The van der Waals surface area contributed by atoms with E-state index in [4.69, 9.17) is 0 Å². The Balaban J connectivity index is 1.93. The van der Waals surface area contributed by atoms with Crippen LogP contribution in [0.4, 0.5) is 5.82 Å². The molecule has 3 heterocycles. The second-order valence-electron chi connectivity index (χ2n) is 5.41. The Morgan fingerprint density at radius 2 is 2.00 bits per heavy atom. The number of nitrogens with one attached hydrogen (secondary N) is 1. The molecule has 1 saturated heterocycles. The van der Waals surface area contributed by atoms with Gasteiger partial charge in [-0.05, 0) is 11.8 Å². The maximum Gasteiger partial charge on any atom is 0.136 e. The van der Waals surface area contributed by atoms with Gasteiger partial charge in [-0.1, -0.05) is 13.8 Å². The van der Waals surface area contributed by atoms with E-state index in [1.165, 1.54) is 17.1 Å². The molecule has 4 heteroatoms. The lowest BCUT2D eigenvalue weighted by Gasteiger charge is -2.24. The fourth-order valence-electron chi connectivity index (χ4n) is 2.83. The molecule has 3 rings (SSSR count). The quantitative estimate of drug-likeness (QED) is 0.790. The zero-order valence-corrected chi connectivity index (χ0v) is 10.6. The van der Waals surface area contributed by atoms with E-state index in [-0.39, 0.29) is 0 Å². The molecule has 0 bridgehead atoms. The highest BCUT2D eigenvalue weighted by molar-refractivity contribution is 5.50. The van der Waals surface area contributed by atoms with Gasteiger partial charge in [0.25, 0.3) is 0 Å². The maximum absolute atomic E-state index is 4.52. The molecule has 0 saturated carbocycles. The van der Waals surface area contributed by atoms with Crippen molar-refractivity contribution in [2.24, 2.45) is 11.8 Å². The number of anilines is 1. The van der Waals surface area contributed by atoms with Crippen LogP contribution < -0.4 is 10.2 Å². The van der Waals surface area contributed by atoms with Crippen LogP contribution in [0.2, 0.25) is 0 Å². The lowest BCUT2D eigenvalue weighted by molar-refractivity contribution is 0.494. The standard InChI is InChI=1S/C13H20N4/c1-9-6-17(7-10(9)2)13-11-5-14-4-3-12(11)15-8-16-13/h8-10,14H,3-7H2,1-2H3. The summed E-state index contributed by atoms with van der Waals surface area (Å²) in [5.74, 6) is 2.69. The molecule has 0 amide bonds. The summed E-state index contributed by atoms with van der Waals surface area (Å²) in [6.45, 7) is 8.88. The van der Waals surface area contributed by atoms with Crippen molar-refractivity contribution >= 4 is 5.82 Å². The van der Waals surface area contributed by atoms with Gasteiger partial charge in [0.05, 0.1) is 5.69 Å². The van der Waals surface area contributed by atoms with E-state index in [1.807, 2.05) is 0 Å². The van der Waals surface area contributed by atoms with Crippen molar-refractivity contribution in [3.63, 3.8) is 0 Å². The molecular weight excluding hydrogens is 212 g/mol. The molecule has 4 nitrogen and oxygen atoms in total. The lowest BCUT2D eigenvalue weighted by Crippen LogP contribution is -2.30. The van der Waals surface area contributed by atoms with Crippen LogP contribution in [0.5, 0.6) is 0 Å². The minimum atomic E-state index is 0.761. The molecule has 17 heavy (non-hydrogen) atoms. The third kappa shape index (κ3) is 1.90. The van der Waals surface area contributed by atoms with E-state index in [0.29, 0.717) is 0 Å². The van der Waals surface area contributed by atoms with Crippen molar-refractivity contribution in [2.75, 3.05) is 24.5 Å². The van der Waals surface area contributed by atoms with Gasteiger partial charge in [0.15, 0.2) is 0 Å². The van der Waals surface area contributed by atoms with Crippen molar-refractivity contribution in [2.45, 2.75) is 26.8 Å². The minimum absolute atomic E-state index is 0.761. The van der Waals surface area contributed by atoms with E-state index in [1.54, 1.807) is 6.33 Å². The Hall–Kier alpha value is -1.16. The summed E-state index contributed by atoms with van der Waals surface area (Å²) in [6.07, 6.45) is 2.76. The minimum Gasteiger partial charge on any atom is -0.356 e. The third-order valence-electron chi connectivity index (χ3n) is 4.14. The highest BCUT2D eigenvalue weighted by Gasteiger charge is 2.29. The average molecular weight is 232 g/mol. The summed E-state index contributed by atoms with van der Waals surface area (Å²) >= 11 is 0. The number of hydrogen-bond donors (Lipinski definition) is 1. The van der Waals surface area contributed by atoms with Gasteiger partial charge in [-0.3, -0.25) is 0 Å². The van der Waals surface area contributed by atoms with Gasteiger partial charge in [-0.2, -0.15) is 0 Å². The molecule has 0 aliphatic carbocycles. The second kappa shape index (κ2) is 4.26. The summed E-state index contributed by atoms with van der Waals surface area (Å²) in [6, 6.07) is 0. The summed E-state index contributed by atoms with van der Waals surface area (Å²) < 4.78 is 0. The van der Waals surface area contributed by atoms with Crippen LogP contribution in [0, 0.1) is 11.8 Å². The number of fused-ring (bicyclic) bond motifs is 1. The van der Waals surface area contributed by atoms with Crippen molar-refractivity contribution in [3.05, 3.63) is 17.6 Å². The molecule has 0 spiro atoms. The molecule has 2 aliphatic rings. The second-order valence-corrected chi connectivity index (χ2v) is 5.41. The Labute approximate surface area is 102 Å². The normalized spacial score (nSPS) is 28.2. The van der Waals surface area contributed by atoms with Gasteiger partial charge in [-0.15, -0.1) is 0 Å². The first kappa shape index (κ1) is 11.0. The predicted octanol–water partition coefficient (Wildman–Crippen LogP) is 1.21. The van der Waals surface area contributed by atoms with Crippen molar-refractivity contribution in [1.82, 2.24) is 15.3 Å². The molecule has 0 radical (unpaired) electrons. The average Bonchev–Trinajstić information content (AvgIpc) is 2.69. The molecule has 1 fully saturated rings. The van der Waals surface area contributed by atoms with E-state index >= 15 is 0 Å². The molecular formula is C13H20N4. The van der Waals surface area contributed by atoms with E-state index in [9.17, 15) is 0 Å². The number of aromatic nitrogens is 2. The van der Waals surface area contributed by atoms with Crippen molar-refractivity contribution < 1.29 is 0 Å². The van der Waals surface area contributed by atoms with Crippen LogP contribution in [-0.2, 0) is 13.0 Å². The van der Waals surface area contributed by atoms with Gasteiger partial charge in [0.1, 0.15) is 12.1 Å². The highest BCUT2D eigenvalue weighted by atomic mass is 15.2. The van der Waals surface area contributed by atoms with E-state index in [0.717, 1.165) is 44.4 Å². The fraction of sp³-hybridized carbons (Fsp3) is 0.692. The Morgan fingerprint density at radius 3 is 2.76 bits per heavy atom. The SMILES string of the molecule is CC1CN(c2ncnc3c2CNCC3)CC1C. The predicted molar refractivity (Wildman–Crippen MR) is 68.0 cm³/mol. The number of rotatable bonds is 1. The smallest absolute Gasteiger partial charge is 0.136 e. The van der Waals surface area contributed by atoms with Crippen LogP contribution in [0.15, 0.2) is 6.33 Å². The van der Waals surface area contributed by atoms with Gasteiger partial charge in [-0.25, -0.2) is 9.97 Å². The molecule has 2 unspecified atom stereocenters. The van der Waals surface area contributed by atoms with Crippen molar-refractivity contribution in [3.8, 4) is 0 Å². The summed E-state index contributed by atoms with van der Waals surface area (Å²) in [5, 5.41) is 3.42. The third-order valence-corrected chi connectivity index (χ3v) is 4.14. The van der Waals surface area contributed by atoms with Crippen LogP contribution in [-0.4, -0.2) is 29.6 Å². The Bertz CT molecular complexity index is 408. The lowest BCUT2D eigenvalue weighted by atomic mass is 10.0. The number of hydrogen-bond acceptors (Lipinski definition) is 4. The zero-order valence-electron chi connectivity index (χ0n) is 10.6. The largest absolute Gasteiger partial charge is 0.356 e.